The van der Waals surface area contributed by atoms with Gasteiger partial charge < -0.3 is 14.0 Å². The number of hydrogen-bond donors (Lipinski definition) is 0. The van der Waals surface area contributed by atoms with E-state index in [0.29, 0.717) is 6.61 Å². The Morgan fingerprint density at radius 2 is 1.80 bits per heavy atom. The highest BCUT2D eigenvalue weighted by atomic mass is 16.5. The van der Waals surface area contributed by atoms with Crippen molar-refractivity contribution in [2.45, 2.75) is 45.1 Å². The Bertz CT molecular complexity index is 949. The van der Waals surface area contributed by atoms with Crippen LogP contribution in [0.25, 0.3) is 0 Å². The van der Waals surface area contributed by atoms with Crippen LogP contribution in [0.15, 0.2) is 54.6 Å². The van der Waals surface area contributed by atoms with Gasteiger partial charge in [0, 0.05) is 39.2 Å². The molecule has 0 N–H and O–H groups in total. The Labute approximate surface area is 177 Å². The summed E-state index contributed by atoms with van der Waals surface area (Å²) in [6, 6.07) is 18.7. The Morgan fingerprint density at radius 1 is 0.933 bits per heavy atom. The molecular formula is C24H28N4O2. The molecule has 0 spiro atoms. The molecule has 1 saturated heterocycles. The topological polar surface area (TPSA) is 52.4 Å². The fraction of sp³-hybridized carbons (Fsp3) is 0.417. The van der Waals surface area contributed by atoms with Crippen LogP contribution in [0.2, 0.25) is 0 Å². The summed E-state index contributed by atoms with van der Waals surface area (Å²) >= 11 is 0. The molecule has 0 bridgehead atoms. The van der Waals surface area contributed by atoms with E-state index in [1.165, 1.54) is 11.1 Å². The van der Waals surface area contributed by atoms with Crippen LogP contribution in [-0.2, 0) is 30.9 Å². The molecule has 6 heteroatoms. The molecule has 30 heavy (non-hydrogen) atoms. The van der Waals surface area contributed by atoms with E-state index in [0.717, 1.165) is 69.4 Å². The maximum absolute atomic E-state index is 5.91. The van der Waals surface area contributed by atoms with Crippen LogP contribution in [0, 0.1) is 0 Å². The number of nitrogens with zero attached hydrogens (tertiary/aromatic N) is 4. The summed E-state index contributed by atoms with van der Waals surface area (Å²) in [6.45, 7) is 5.29. The average Bonchev–Trinajstić information content (AvgIpc) is 3.41. The van der Waals surface area contributed by atoms with Crippen molar-refractivity contribution in [2.24, 2.45) is 0 Å². The summed E-state index contributed by atoms with van der Waals surface area (Å²) in [5.41, 5.74) is 2.49. The first-order valence-corrected chi connectivity index (χ1v) is 10.9. The first kappa shape index (κ1) is 19.3. The third-order valence-electron chi connectivity index (χ3n) is 5.94. The maximum atomic E-state index is 5.91. The number of hydrogen-bond acceptors (Lipinski definition) is 5. The van der Waals surface area contributed by atoms with Crippen molar-refractivity contribution in [3.8, 4) is 5.75 Å². The van der Waals surface area contributed by atoms with E-state index < -0.39 is 0 Å². The van der Waals surface area contributed by atoms with Gasteiger partial charge in [-0.05, 0) is 36.1 Å². The highest BCUT2D eigenvalue weighted by Crippen LogP contribution is 2.28. The Morgan fingerprint density at radius 3 is 2.60 bits per heavy atom. The largest absolute Gasteiger partial charge is 0.489 e. The van der Waals surface area contributed by atoms with Gasteiger partial charge in [0.15, 0.2) is 5.82 Å². The fourth-order valence-corrected chi connectivity index (χ4v) is 4.26. The van der Waals surface area contributed by atoms with Gasteiger partial charge in [-0.25, -0.2) is 0 Å². The minimum Gasteiger partial charge on any atom is -0.489 e. The van der Waals surface area contributed by atoms with Crippen molar-refractivity contribution in [1.29, 1.82) is 0 Å². The predicted octanol–water partition coefficient (Wildman–Crippen LogP) is 3.77. The van der Waals surface area contributed by atoms with Crippen molar-refractivity contribution in [2.75, 3.05) is 19.7 Å². The molecule has 0 amide bonds. The SMILES string of the molecule is c1ccc(COc2ccc(CN3CCc4nnc(C5CCCO5)n4CC3)cc2)cc1. The molecule has 0 saturated carbocycles. The molecule has 2 aromatic carbocycles. The van der Waals surface area contributed by atoms with Crippen LogP contribution in [0.4, 0.5) is 0 Å². The second-order valence-corrected chi connectivity index (χ2v) is 8.07. The van der Waals surface area contributed by atoms with Crippen LogP contribution in [0.1, 0.15) is 41.7 Å². The highest BCUT2D eigenvalue weighted by molar-refractivity contribution is 5.28. The van der Waals surface area contributed by atoms with Crippen molar-refractivity contribution >= 4 is 0 Å². The van der Waals surface area contributed by atoms with E-state index >= 15 is 0 Å². The fourth-order valence-electron chi connectivity index (χ4n) is 4.26. The van der Waals surface area contributed by atoms with Crippen molar-refractivity contribution in [3.63, 3.8) is 0 Å². The lowest BCUT2D eigenvalue weighted by atomic mass is 10.2. The Balaban J connectivity index is 1.16. The summed E-state index contributed by atoms with van der Waals surface area (Å²) in [5.74, 6) is 3.02. The number of rotatable bonds is 6. The van der Waals surface area contributed by atoms with Gasteiger partial charge in [-0.1, -0.05) is 42.5 Å². The van der Waals surface area contributed by atoms with Gasteiger partial charge in [-0.2, -0.15) is 0 Å². The standard InChI is InChI=1S/C24H28N4O2/c1-2-5-20(6-3-1)18-30-21-10-8-19(9-11-21)17-27-13-12-23-25-26-24(28(23)15-14-27)22-7-4-16-29-22/h1-3,5-6,8-11,22H,4,7,12-18H2. The van der Waals surface area contributed by atoms with Crippen LogP contribution in [0.5, 0.6) is 5.75 Å². The monoisotopic (exact) mass is 404 g/mol. The molecule has 0 aliphatic carbocycles. The molecular weight excluding hydrogens is 376 g/mol. The minimum atomic E-state index is 0.126. The molecule has 0 radical (unpaired) electrons. The number of ether oxygens (including phenoxy) is 2. The zero-order chi connectivity index (χ0) is 20.2. The minimum absolute atomic E-state index is 0.126. The van der Waals surface area contributed by atoms with Gasteiger partial charge in [-0.3, -0.25) is 4.90 Å². The van der Waals surface area contributed by atoms with Crippen LogP contribution >= 0.6 is 0 Å². The van der Waals surface area contributed by atoms with Gasteiger partial charge in [0.25, 0.3) is 0 Å². The van der Waals surface area contributed by atoms with E-state index in [9.17, 15) is 0 Å². The van der Waals surface area contributed by atoms with Gasteiger partial charge in [0.05, 0.1) is 0 Å². The molecule has 1 fully saturated rings. The van der Waals surface area contributed by atoms with E-state index in [1.807, 2.05) is 18.2 Å². The Hall–Kier alpha value is -2.70. The molecule has 3 aromatic rings. The van der Waals surface area contributed by atoms with Crippen LogP contribution < -0.4 is 4.74 Å². The lowest BCUT2D eigenvalue weighted by Crippen LogP contribution is -2.26. The molecule has 3 heterocycles. The zero-order valence-electron chi connectivity index (χ0n) is 17.2. The number of benzene rings is 2. The van der Waals surface area contributed by atoms with Gasteiger partial charge in [0.2, 0.25) is 0 Å². The lowest BCUT2D eigenvalue weighted by Gasteiger charge is -2.20. The van der Waals surface area contributed by atoms with Crippen molar-refractivity contribution < 1.29 is 9.47 Å². The summed E-state index contributed by atoms with van der Waals surface area (Å²) in [7, 11) is 0. The van der Waals surface area contributed by atoms with Crippen LogP contribution in [-0.4, -0.2) is 39.4 Å². The maximum Gasteiger partial charge on any atom is 0.162 e. The molecule has 5 rings (SSSR count). The summed E-state index contributed by atoms with van der Waals surface area (Å²) in [4.78, 5) is 2.49. The second-order valence-electron chi connectivity index (χ2n) is 8.07. The van der Waals surface area contributed by atoms with Gasteiger partial charge in [-0.15, -0.1) is 10.2 Å². The average molecular weight is 405 g/mol. The molecule has 1 atom stereocenters. The molecule has 156 valence electrons. The van der Waals surface area contributed by atoms with Gasteiger partial charge in [0.1, 0.15) is 24.3 Å². The lowest BCUT2D eigenvalue weighted by molar-refractivity contribution is 0.101. The summed E-state index contributed by atoms with van der Waals surface area (Å²) in [5, 5.41) is 8.88. The van der Waals surface area contributed by atoms with Crippen molar-refractivity contribution in [1.82, 2.24) is 19.7 Å². The van der Waals surface area contributed by atoms with E-state index in [-0.39, 0.29) is 6.10 Å². The first-order valence-electron chi connectivity index (χ1n) is 10.9. The molecule has 1 aromatic heterocycles. The van der Waals surface area contributed by atoms with E-state index in [1.54, 1.807) is 0 Å². The van der Waals surface area contributed by atoms with E-state index in [2.05, 4.69) is 56.1 Å². The molecule has 2 aliphatic rings. The molecule has 2 aliphatic heterocycles. The van der Waals surface area contributed by atoms with Crippen molar-refractivity contribution in [3.05, 3.63) is 77.4 Å². The quantitative estimate of drug-likeness (QED) is 0.626. The zero-order valence-corrected chi connectivity index (χ0v) is 17.2. The van der Waals surface area contributed by atoms with Crippen LogP contribution in [0.3, 0.4) is 0 Å². The predicted molar refractivity (Wildman–Crippen MR) is 114 cm³/mol. The van der Waals surface area contributed by atoms with E-state index in [4.69, 9.17) is 9.47 Å². The molecule has 6 nitrogen and oxygen atoms in total. The Kier molecular flexibility index (Phi) is 5.77. The first-order chi connectivity index (χ1) is 14.8. The normalized spacial score (nSPS) is 19.4. The third kappa shape index (κ3) is 4.40. The number of fused-ring (bicyclic) bond motifs is 1. The summed E-state index contributed by atoms with van der Waals surface area (Å²) < 4.78 is 14.0. The van der Waals surface area contributed by atoms with Gasteiger partial charge >= 0.3 is 0 Å². The summed E-state index contributed by atoms with van der Waals surface area (Å²) in [6.07, 6.45) is 3.23. The second kappa shape index (κ2) is 8.98. The highest BCUT2D eigenvalue weighted by Gasteiger charge is 2.26. The smallest absolute Gasteiger partial charge is 0.162 e. The number of aromatic nitrogens is 3. The molecule has 1 unspecified atom stereocenters. The third-order valence-corrected chi connectivity index (χ3v) is 5.94.